The third-order valence-electron chi connectivity index (χ3n) is 4.03. The van der Waals surface area contributed by atoms with Crippen molar-refractivity contribution in [1.82, 2.24) is 9.71 Å². The monoisotopic (exact) mass is 293 g/mol. The van der Waals surface area contributed by atoms with Crippen molar-refractivity contribution in [2.24, 2.45) is 0 Å². The lowest BCUT2D eigenvalue weighted by molar-refractivity contribution is 0.122. The lowest BCUT2D eigenvalue weighted by Crippen LogP contribution is -2.36. The minimum absolute atomic E-state index is 0.662. The fourth-order valence-electron chi connectivity index (χ4n) is 2.81. The highest BCUT2D eigenvalue weighted by Crippen LogP contribution is 2.23. The summed E-state index contributed by atoms with van der Waals surface area (Å²) < 4.78 is 8.93. The minimum atomic E-state index is 0.662. The van der Waals surface area contributed by atoms with Crippen molar-refractivity contribution in [2.75, 3.05) is 31.2 Å². The largest absolute Gasteiger partial charge is 0.378 e. The SMILES string of the molecule is c1cc(SNC2CCCCC2)ncc1N1CCOCC1. The molecule has 110 valence electrons. The first-order chi connectivity index (χ1) is 9.92. The summed E-state index contributed by atoms with van der Waals surface area (Å²) in [5.41, 5.74) is 1.20. The number of rotatable bonds is 4. The van der Waals surface area contributed by atoms with Crippen molar-refractivity contribution in [3.63, 3.8) is 0 Å². The van der Waals surface area contributed by atoms with E-state index in [2.05, 4.69) is 26.7 Å². The Kier molecular flexibility index (Phi) is 5.17. The first-order valence-corrected chi connectivity index (χ1v) is 8.44. The van der Waals surface area contributed by atoms with E-state index in [1.165, 1.54) is 37.8 Å². The Morgan fingerprint density at radius 1 is 1.15 bits per heavy atom. The number of nitrogens with one attached hydrogen (secondary N) is 1. The third kappa shape index (κ3) is 3.87. The van der Waals surface area contributed by atoms with E-state index < -0.39 is 0 Å². The van der Waals surface area contributed by atoms with Crippen molar-refractivity contribution in [3.05, 3.63) is 18.3 Å². The summed E-state index contributed by atoms with van der Waals surface area (Å²) in [4.78, 5) is 6.89. The Morgan fingerprint density at radius 3 is 2.65 bits per heavy atom. The van der Waals surface area contributed by atoms with Gasteiger partial charge in [0.25, 0.3) is 0 Å². The summed E-state index contributed by atoms with van der Waals surface area (Å²) in [5, 5.41) is 1.06. The summed E-state index contributed by atoms with van der Waals surface area (Å²) in [6.07, 6.45) is 8.71. The fourth-order valence-corrected chi connectivity index (χ4v) is 3.57. The maximum absolute atomic E-state index is 5.37. The molecule has 1 saturated carbocycles. The molecule has 1 aromatic rings. The van der Waals surface area contributed by atoms with E-state index in [0.29, 0.717) is 6.04 Å². The second-order valence-electron chi connectivity index (χ2n) is 5.51. The molecule has 2 aliphatic rings. The highest BCUT2D eigenvalue weighted by atomic mass is 32.2. The lowest BCUT2D eigenvalue weighted by atomic mass is 9.96. The molecule has 2 fully saturated rings. The molecular formula is C15H23N3OS. The molecule has 1 aromatic heterocycles. The van der Waals surface area contributed by atoms with Gasteiger partial charge in [-0.15, -0.1) is 0 Å². The third-order valence-corrected chi connectivity index (χ3v) is 4.93. The molecule has 1 aliphatic heterocycles. The van der Waals surface area contributed by atoms with Crippen LogP contribution in [0.4, 0.5) is 5.69 Å². The number of nitrogens with zero attached hydrogens (tertiary/aromatic N) is 2. The highest BCUT2D eigenvalue weighted by molar-refractivity contribution is 7.97. The summed E-state index contributed by atoms with van der Waals surface area (Å²) in [5.74, 6) is 0. The zero-order chi connectivity index (χ0) is 13.6. The number of morpholine rings is 1. The molecule has 1 aliphatic carbocycles. The van der Waals surface area contributed by atoms with Gasteiger partial charge in [0.05, 0.1) is 25.1 Å². The predicted octanol–water partition coefficient (Wildman–Crippen LogP) is 2.85. The number of aromatic nitrogens is 1. The van der Waals surface area contributed by atoms with Crippen LogP contribution < -0.4 is 9.62 Å². The van der Waals surface area contributed by atoms with Crippen LogP contribution in [-0.2, 0) is 4.74 Å². The van der Waals surface area contributed by atoms with Crippen molar-refractivity contribution in [2.45, 2.75) is 43.2 Å². The lowest BCUT2D eigenvalue weighted by Gasteiger charge is -2.28. The van der Waals surface area contributed by atoms with Gasteiger partial charge in [0, 0.05) is 19.1 Å². The molecule has 1 N–H and O–H groups in total. The molecule has 0 spiro atoms. The molecule has 0 aromatic carbocycles. The van der Waals surface area contributed by atoms with Gasteiger partial charge >= 0.3 is 0 Å². The molecule has 3 rings (SSSR count). The minimum Gasteiger partial charge on any atom is -0.378 e. The zero-order valence-corrected chi connectivity index (χ0v) is 12.7. The first-order valence-electron chi connectivity index (χ1n) is 7.63. The van der Waals surface area contributed by atoms with Crippen LogP contribution in [0.5, 0.6) is 0 Å². The summed E-state index contributed by atoms with van der Waals surface area (Å²) in [7, 11) is 0. The van der Waals surface area contributed by atoms with E-state index >= 15 is 0 Å². The van der Waals surface area contributed by atoms with E-state index in [-0.39, 0.29) is 0 Å². The summed E-state index contributed by atoms with van der Waals surface area (Å²) in [6.45, 7) is 3.57. The maximum Gasteiger partial charge on any atom is 0.111 e. The van der Waals surface area contributed by atoms with E-state index in [4.69, 9.17) is 4.74 Å². The molecule has 0 radical (unpaired) electrons. The normalized spacial score (nSPS) is 21.1. The molecule has 4 nitrogen and oxygen atoms in total. The van der Waals surface area contributed by atoms with Crippen LogP contribution in [0.3, 0.4) is 0 Å². The molecule has 0 bridgehead atoms. The molecular weight excluding hydrogens is 270 g/mol. The van der Waals surface area contributed by atoms with Crippen LogP contribution in [0.1, 0.15) is 32.1 Å². The van der Waals surface area contributed by atoms with E-state index in [9.17, 15) is 0 Å². The van der Waals surface area contributed by atoms with Crippen LogP contribution >= 0.6 is 11.9 Å². The number of hydrogen-bond donors (Lipinski definition) is 1. The van der Waals surface area contributed by atoms with Gasteiger partial charge in [-0.25, -0.2) is 4.98 Å². The molecule has 0 atom stereocenters. The maximum atomic E-state index is 5.37. The Labute approximate surface area is 125 Å². The van der Waals surface area contributed by atoms with Crippen LogP contribution in [0.25, 0.3) is 0 Å². The average Bonchev–Trinajstić information content (AvgIpc) is 2.55. The molecule has 2 heterocycles. The topological polar surface area (TPSA) is 37.4 Å². The van der Waals surface area contributed by atoms with Gasteiger partial charge in [-0.3, -0.25) is 4.72 Å². The number of anilines is 1. The van der Waals surface area contributed by atoms with Gasteiger partial charge in [-0.1, -0.05) is 19.3 Å². The van der Waals surface area contributed by atoms with Gasteiger partial charge in [0.2, 0.25) is 0 Å². The van der Waals surface area contributed by atoms with E-state index in [1.807, 2.05) is 6.20 Å². The predicted molar refractivity (Wildman–Crippen MR) is 83.1 cm³/mol. The van der Waals surface area contributed by atoms with Gasteiger partial charge in [0.15, 0.2) is 0 Å². The Bertz CT molecular complexity index is 400. The number of pyridine rings is 1. The van der Waals surface area contributed by atoms with Gasteiger partial charge in [-0.2, -0.15) is 0 Å². The standard InChI is InChI=1S/C15H23N3OS/c1-2-4-13(5-3-1)17-20-15-7-6-14(12-16-15)18-8-10-19-11-9-18/h6-7,12-13,17H,1-5,8-11H2. The van der Waals surface area contributed by atoms with Gasteiger partial charge in [0.1, 0.15) is 5.03 Å². The van der Waals surface area contributed by atoms with Crippen molar-refractivity contribution in [3.8, 4) is 0 Å². The summed E-state index contributed by atoms with van der Waals surface area (Å²) >= 11 is 1.68. The van der Waals surface area contributed by atoms with Crippen LogP contribution in [0.15, 0.2) is 23.4 Å². The van der Waals surface area contributed by atoms with Gasteiger partial charge in [-0.05, 0) is 36.9 Å². The van der Waals surface area contributed by atoms with Gasteiger partial charge < -0.3 is 9.64 Å². The molecule has 0 amide bonds. The van der Waals surface area contributed by atoms with Crippen LogP contribution in [0, 0.1) is 0 Å². The molecule has 0 unspecified atom stereocenters. The van der Waals surface area contributed by atoms with Crippen molar-refractivity contribution < 1.29 is 4.74 Å². The van der Waals surface area contributed by atoms with Crippen LogP contribution in [0.2, 0.25) is 0 Å². The smallest absolute Gasteiger partial charge is 0.111 e. The summed E-state index contributed by atoms with van der Waals surface area (Å²) in [6, 6.07) is 4.95. The average molecular weight is 293 g/mol. The van der Waals surface area contributed by atoms with E-state index in [0.717, 1.165) is 31.3 Å². The van der Waals surface area contributed by atoms with Crippen molar-refractivity contribution in [1.29, 1.82) is 0 Å². The first kappa shape index (κ1) is 14.2. The zero-order valence-electron chi connectivity index (χ0n) is 11.9. The molecule has 5 heteroatoms. The second kappa shape index (κ2) is 7.29. The Hall–Kier alpha value is -0.780. The Morgan fingerprint density at radius 2 is 1.95 bits per heavy atom. The number of hydrogen-bond acceptors (Lipinski definition) is 5. The molecule has 20 heavy (non-hydrogen) atoms. The number of ether oxygens (including phenoxy) is 1. The molecule has 1 saturated heterocycles. The second-order valence-corrected chi connectivity index (χ2v) is 6.37. The van der Waals surface area contributed by atoms with Crippen LogP contribution in [-0.4, -0.2) is 37.3 Å². The Balaban J connectivity index is 1.50. The highest BCUT2D eigenvalue weighted by Gasteiger charge is 2.14. The quantitative estimate of drug-likeness (QED) is 0.864. The fraction of sp³-hybridized carbons (Fsp3) is 0.667. The van der Waals surface area contributed by atoms with E-state index in [1.54, 1.807) is 11.9 Å². The van der Waals surface area contributed by atoms with Crippen molar-refractivity contribution >= 4 is 17.6 Å².